The minimum atomic E-state index is 0.825. The van der Waals surface area contributed by atoms with E-state index in [1.807, 2.05) is 0 Å². The quantitative estimate of drug-likeness (QED) is 0.447. The third-order valence-corrected chi connectivity index (χ3v) is 3.83. The molecular formula is C16H33N. The fourth-order valence-corrected chi connectivity index (χ4v) is 2.09. The summed E-state index contributed by atoms with van der Waals surface area (Å²) in [6.45, 7) is 12.4. The van der Waals surface area contributed by atoms with Crippen LogP contribution in [0.15, 0.2) is 4.99 Å². The number of hydrogen-bond acceptors (Lipinski definition) is 1. The molecule has 0 spiro atoms. The summed E-state index contributed by atoms with van der Waals surface area (Å²) < 4.78 is 0. The van der Waals surface area contributed by atoms with Crippen LogP contribution in [0.25, 0.3) is 0 Å². The van der Waals surface area contributed by atoms with Crippen LogP contribution in [0, 0.1) is 11.8 Å². The summed E-state index contributed by atoms with van der Waals surface area (Å²) in [6.07, 6.45) is 9.24. The number of nitrogens with zero attached hydrogens (tertiary/aromatic N) is 1. The maximum Gasteiger partial charge on any atom is 0.0416 e. The van der Waals surface area contributed by atoms with Crippen LogP contribution in [0.3, 0.4) is 0 Å². The largest absolute Gasteiger partial charge is 0.294 e. The highest BCUT2D eigenvalue weighted by molar-refractivity contribution is 5.81. The normalized spacial score (nSPS) is 15.9. The van der Waals surface area contributed by atoms with Gasteiger partial charge in [0, 0.05) is 12.3 Å². The number of hydrogen-bond donors (Lipinski definition) is 0. The van der Waals surface area contributed by atoms with Crippen molar-refractivity contribution in [3.8, 4) is 0 Å². The van der Waals surface area contributed by atoms with Gasteiger partial charge in [-0.1, -0.05) is 53.4 Å². The van der Waals surface area contributed by atoms with E-state index in [9.17, 15) is 0 Å². The highest BCUT2D eigenvalue weighted by atomic mass is 14.7. The molecule has 0 fully saturated rings. The molecule has 0 saturated heterocycles. The molecule has 1 nitrogen and oxygen atoms in total. The number of rotatable bonds is 10. The molecule has 2 atom stereocenters. The van der Waals surface area contributed by atoms with E-state index in [1.54, 1.807) is 0 Å². The molecule has 0 N–H and O–H groups in total. The van der Waals surface area contributed by atoms with Gasteiger partial charge in [0.1, 0.15) is 0 Å². The summed E-state index contributed by atoms with van der Waals surface area (Å²) >= 11 is 0. The highest BCUT2D eigenvalue weighted by Gasteiger charge is 2.08. The van der Waals surface area contributed by atoms with Crippen LogP contribution in [-0.2, 0) is 0 Å². The second-order valence-electron chi connectivity index (χ2n) is 5.53. The molecule has 17 heavy (non-hydrogen) atoms. The van der Waals surface area contributed by atoms with E-state index in [0.29, 0.717) is 0 Å². The Balaban J connectivity index is 3.89. The molecule has 1 heteroatoms. The Kier molecular flexibility index (Phi) is 10.6. The zero-order valence-electron chi connectivity index (χ0n) is 12.8. The molecule has 0 amide bonds. The van der Waals surface area contributed by atoms with Crippen molar-refractivity contribution >= 4 is 5.71 Å². The summed E-state index contributed by atoms with van der Waals surface area (Å²) in [5.74, 6) is 1.73. The standard InChI is InChI=1S/C16H33N/c1-6-10-16(13-17-15(5)8-3)12-9-11-14(4)7-2/h14,16H,6-13H2,1-5H3. The van der Waals surface area contributed by atoms with E-state index in [4.69, 9.17) is 4.99 Å². The van der Waals surface area contributed by atoms with Gasteiger partial charge in [-0.2, -0.15) is 0 Å². The lowest BCUT2D eigenvalue weighted by Gasteiger charge is -2.15. The van der Waals surface area contributed by atoms with Gasteiger partial charge in [-0.3, -0.25) is 4.99 Å². The van der Waals surface area contributed by atoms with Crippen molar-refractivity contribution in [2.75, 3.05) is 6.54 Å². The van der Waals surface area contributed by atoms with Gasteiger partial charge in [-0.15, -0.1) is 0 Å². The van der Waals surface area contributed by atoms with Crippen molar-refractivity contribution in [3.63, 3.8) is 0 Å². The number of aliphatic imine (C=N–C) groups is 1. The highest BCUT2D eigenvalue weighted by Crippen LogP contribution is 2.19. The molecule has 0 aliphatic rings. The Morgan fingerprint density at radius 1 is 1.06 bits per heavy atom. The van der Waals surface area contributed by atoms with Gasteiger partial charge in [0.05, 0.1) is 0 Å². The van der Waals surface area contributed by atoms with E-state index >= 15 is 0 Å². The van der Waals surface area contributed by atoms with Crippen molar-refractivity contribution < 1.29 is 0 Å². The zero-order chi connectivity index (χ0) is 13.1. The molecule has 2 unspecified atom stereocenters. The Morgan fingerprint density at radius 3 is 2.29 bits per heavy atom. The molecule has 0 bridgehead atoms. The zero-order valence-corrected chi connectivity index (χ0v) is 12.8. The van der Waals surface area contributed by atoms with Crippen molar-refractivity contribution in [1.82, 2.24) is 0 Å². The van der Waals surface area contributed by atoms with Crippen LogP contribution >= 0.6 is 0 Å². The first-order valence-corrected chi connectivity index (χ1v) is 7.63. The first-order valence-electron chi connectivity index (χ1n) is 7.63. The minimum Gasteiger partial charge on any atom is -0.294 e. The molecule has 102 valence electrons. The van der Waals surface area contributed by atoms with Crippen molar-refractivity contribution in [3.05, 3.63) is 0 Å². The lowest BCUT2D eigenvalue weighted by molar-refractivity contribution is 0.401. The molecule has 0 aliphatic carbocycles. The molecule has 0 rings (SSSR count). The van der Waals surface area contributed by atoms with Gasteiger partial charge < -0.3 is 0 Å². The summed E-state index contributed by atoms with van der Waals surface area (Å²) in [5, 5.41) is 0. The van der Waals surface area contributed by atoms with Crippen LogP contribution in [-0.4, -0.2) is 12.3 Å². The SMILES string of the molecule is CCCC(CCCC(C)CC)CN=C(C)CC. The molecule has 0 aromatic rings. The Labute approximate surface area is 109 Å². The van der Waals surface area contributed by atoms with Crippen LogP contribution in [0.4, 0.5) is 0 Å². The average molecular weight is 239 g/mol. The second-order valence-corrected chi connectivity index (χ2v) is 5.53. The summed E-state index contributed by atoms with van der Waals surface area (Å²) in [5.41, 5.74) is 1.31. The van der Waals surface area contributed by atoms with Gasteiger partial charge in [0.25, 0.3) is 0 Å². The van der Waals surface area contributed by atoms with Crippen LogP contribution < -0.4 is 0 Å². The van der Waals surface area contributed by atoms with E-state index in [2.05, 4.69) is 34.6 Å². The van der Waals surface area contributed by atoms with Crippen LogP contribution in [0.5, 0.6) is 0 Å². The predicted octanol–water partition coefficient (Wildman–Crippen LogP) is 5.49. The lowest BCUT2D eigenvalue weighted by Crippen LogP contribution is -2.07. The third kappa shape index (κ3) is 9.38. The molecule has 0 saturated carbocycles. The van der Waals surface area contributed by atoms with E-state index in [-0.39, 0.29) is 0 Å². The fraction of sp³-hybridized carbons (Fsp3) is 0.938. The van der Waals surface area contributed by atoms with Gasteiger partial charge in [0.15, 0.2) is 0 Å². The van der Waals surface area contributed by atoms with E-state index in [1.165, 1.54) is 44.2 Å². The predicted molar refractivity (Wildman–Crippen MR) is 80.0 cm³/mol. The molecule has 0 aromatic carbocycles. The first-order chi connectivity index (χ1) is 8.13. The molecule has 0 heterocycles. The van der Waals surface area contributed by atoms with Crippen molar-refractivity contribution in [1.29, 1.82) is 0 Å². The van der Waals surface area contributed by atoms with Crippen LogP contribution in [0.1, 0.15) is 79.6 Å². The van der Waals surface area contributed by atoms with Gasteiger partial charge >= 0.3 is 0 Å². The van der Waals surface area contributed by atoms with Crippen molar-refractivity contribution in [2.45, 2.75) is 79.6 Å². The average Bonchev–Trinajstić information content (AvgIpc) is 2.35. The maximum atomic E-state index is 4.70. The van der Waals surface area contributed by atoms with Gasteiger partial charge in [-0.05, 0) is 38.0 Å². The molecule has 0 aromatic heterocycles. The smallest absolute Gasteiger partial charge is 0.0416 e. The topological polar surface area (TPSA) is 12.4 Å². The Bertz CT molecular complexity index is 196. The minimum absolute atomic E-state index is 0.825. The lowest BCUT2D eigenvalue weighted by atomic mass is 9.93. The Morgan fingerprint density at radius 2 is 1.76 bits per heavy atom. The van der Waals surface area contributed by atoms with Gasteiger partial charge in [-0.25, -0.2) is 0 Å². The molecule has 0 radical (unpaired) electrons. The molecule has 0 aliphatic heterocycles. The van der Waals surface area contributed by atoms with E-state index < -0.39 is 0 Å². The van der Waals surface area contributed by atoms with Crippen molar-refractivity contribution in [2.24, 2.45) is 16.8 Å². The van der Waals surface area contributed by atoms with Gasteiger partial charge in [0.2, 0.25) is 0 Å². The van der Waals surface area contributed by atoms with E-state index in [0.717, 1.165) is 24.8 Å². The summed E-state index contributed by atoms with van der Waals surface area (Å²) in [6, 6.07) is 0. The summed E-state index contributed by atoms with van der Waals surface area (Å²) in [4.78, 5) is 4.70. The second kappa shape index (κ2) is 10.8. The first kappa shape index (κ1) is 16.7. The summed E-state index contributed by atoms with van der Waals surface area (Å²) in [7, 11) is 0. The van der Waals surface area contributed by atoms with Crippen LogP contribution in [0.2, 0.25) is 0 Å². The Hall–Kier alpha value is -0.330. The molecular weight excluding hydrogens is 206 g/mol. The fourth-order valence-electron chi connectivity index (χ4n) is 2.09. The third-order valence-electron chi connectivity index (χ3n) is 3.83. The maximum absolute atomic E-state index is 4.70. The monoisotopic (exact) mass is 239 g/mol.